The van der Waals surface area contributed by atoms with Crippen LogP contribution in [0.4, 0.5) is 11.4 Å². The van der Waals surface area contributed by atoms with Crippen molar-refractivity contribution in [1.82, 2.24) is 4.98 Å². The van der Waals surface area contributed by atoms with E-state index in [-0.39, 0.29) is 6.04 Å². The summed E-state index contributed by atoms with van der Waals surface area (Å²) in [6, 6.07) is 0.227. The van der Waals surface area contributed by atoms with Crippen molar-refractivity contribution in [1.29, 1.82) is 0 Å². The Morgan fingerprint density at radius 2 is 2.17 bits per heavy atom. The second-order valence-electron chi connectivity index (χ2n) is 6.20. The molecule has 4 rings (SSSR count). The van der Waals surface area contributed by atoms with Crippen molar-refractivity contribution >= 4 is 11.4 Å². The third-order valence-corrected chi connectivity index (χ3v) is 4.46. The lowest BCUT2D eigenvalue weighted by Gasteiger charge is -2.30. The fourth-order valence-corrected chi connectivity index (χ4v) is 3.43. The van der Waals surface area contributed by atoms with Gasteiger partial charge in [0.25, 0.3) is 0 Å². The molecule has 0 spiro atoms. The van der Waals surface area contributed by atoms with Crippen LogP contribution < -0.4 is 21.3 Å². The number of nitrogens with zero attached hydrogens (tertiary/aromatic N) is 3. The van der Waals surface area contributed by atoms with Crippen LogP contribution in [0.25, 0.3) is 0 Å². The maximum Gasteiger partial charge on any atom is 0.169 e. The molecule has 0 aromatic carbocycles. The predicted molar refractivity (Wildman–Crippen MR) is 90.6 cm³/mol. The fourth-order valence-electron chi connectivity index (χ4n) is 3.43. The molecule has 1 fully saturated rings. The van der Waals surface area contributed by atoms with E-state index in [2.05, 4.69) is 21.7 Å². The third kappa shape index (κ3) is 2.40. The number of pyridine rings is 1. The van der Waals surface area contributed by atoms with Gasteiger partial charge in [-0.25, -0.2) is 0 Å². The highest BCUT2D eigenvalue weighted by atomic mass is 16.5. The molecule has 0 aliphatic carbocycles. The molecule has 0 amide bonds. The zero-order valence-corrected chi connectivity index (χ0v) is 13.1. The van der Waals surface area contributed by atoms with Gasteiger partial charge in [-0.15, -0.1) is 0 Å². The first kappa shape index (κ1) is 14.3. The van der Waals surface area contributed by atoms with E-state index >= 15 is 0 Å². The van der Waals surface area contributed by atoms with E-state index in [9.17, 15) is 0 Å². The SMILES string of the molecule is Cc1cncc(N2C=CC=C3OC(N)C=C32)c1N1CC[C@H](N)C1. The average molecular weight is 311 g/mol. The van der Waals surface area contributed by atoms with E-state index in [1.165, 1.54) is 5.69 Å². The lowest BCUT2D eigenvalue weighted by Crippen LogP contribution is -2.29. The largest absolute Gasteiger partial charge is 0.470 e. The van der Waals surface area contributed by atoms with Crippen LogP contribution in [0.15, 0.2) is 48.3 Å². The number of hydrogen-bond acceptors (Lipinski definition) is 6. The number of anilines is 2. The number of aromatic nitrogens is 1. The van der Waals surface area contributed by atoms with Gasteiger partial charge in [0, 0.05) is 31.5 Å². The summed E-state index contributed by atoms with van der Waals surface area (Å²) >= 11 is 0. The van der Waals surface area contributed by atoms with Crippen LogP contribution in [0.3, 0.4) is 0 Å². The van der Waals surface area contributed by atoms with Crippen molar-refractivity contribution in [3.05, 3.63) is 53.8 Å². The van der Waals surface area contributed by atoms with Crippen LogP contribution in [0.1, 0.15) is 12.0 Å². The van der Waals surface area contributed by atoms with E-state index in [1.54, 1.807) is 0 Å². The van der Waals surface area contributed by atoms with Gasteiger partial charge in [0.2, 0.25) is 0 Å². The fraction of sp³-hybridized carbons (Fsp3) is 0.353. The minimum atomic E-state index is -0.403. The molecule has 3 aliphatic heterocycles. The van der Waals surface area contributed by atoms with E-state index in [1.807, 2.05) is 36.8 Å². The molecule has 1 aromatic rings. The molecule has 120 valence electrons. The molecule has 4 N–H and O–H groups in total. The summed E-state index contributed by atoms with van der Waals surface area (Å²) in [6.45, 7) is 3.92. The lowest BCUT2D eigenvalue weighted by atomic mass is 10.1. The average Bonchev–Trinajstić information content (AvgIpc) is 3.11. The van der Waals surface area contributed by atoms with E-state index in [4.69, 9.17) is 16.2 Å². The summed E-state index contributed by atoms with van der Waals surface area (Å²) in [5, 5.41) is 0. The Morgan fingerprint density at radius 1 is 1.30 bits per heavy atom. The van der Waals surface area contributed by atoms with Crippen LogP contribution in [0.2, 0.25) is 0 Å². The lowest BCUT2D eigenvalue weighted by molar-refractivity contribution is 0.186. The number of aryl methyl sites for hydroxylation is 1. The molecule has 2 atom stereocenters. The van der Waals surface area contributed by atoms with Crippen molar-refractivity contribution in [2.24, 2.45) is 11.5 Å². The summed E-state index contributed by atoms with van der Waals surface area (Å²) in [7, 11) is 0. The number of fused-ring (bicyclic) bond motifs is 1. The quantitative estimate of drug-likeness (QED) is 0.858. The summed E-state index contributed by atoms with van der Waals surface area (Å²) in [5.74, 6) is 0.797. The monoisotopic (exact) mass is 311 g/mol. The van der Waals surface area contributed by atoms with Gasteiger partial charge in [0.15, 0.2) is 6.23 Å². The summed E-state index contributed by atoms with van der Waals surface area (Å²) in [5.41, 5.74) is 16.3. The van der Waals surface area contributed by atoms with Crippen molar-refractivity contribution in [2.75, 3.05) is 22.9 Å². The van der Waals surface area contributed by atoms with Gasteiger partial charge in [-0.05, 0) is 37.1 Å². The second kappa shape index (κ2) is 5.40. The number of hydrogen-bond donors (Lipinski definition) is 2. The maximum absolute atomic E-state index is 6.10. The smallest absolute Gasteiger partial charge is 0.169 e. The topological polar surface area (TPSA) is 80.6 Å². The van der Waals surface area contributed by atoms with Gasteiger partial charge in [-0.1, -0.05) is 0 Å². The maximum atomic E-state index is 6.10. The Hall–Kier alpha value is -2.31. The van der Waals surface area contributed by atoms with E-state index in [0.29, 0.717) is 0 Å². The summed E-state index contributed by atoms with van der Waals surface area (Å²) < 4.78 is 5.63. The number of allylic oxidation sites excluding steroid dienone is 2. The normalized spacial score (nSPS) is 26.0. The van der Waals surface area contributed by atoms with Gasteiger partial charge in [0.1, 0.15) is 5.76 Å². The van der Waals surface area contributed by atoms with Gasteiger partial charge >= 0.3 is 0 Å². The molecule has 0 saturated carbocycles. The highest BCUT2D eigenvalue weighted by Crippen LogP contribution is 2.39. The molecule has 1 aromatic heterocycles. The van der Waals surface area contributed by atoms with Gasteiger partial charge < -0.3 is 20.3 Å². The molecule has 1 saturated heterocycles. The highest BCUT2D eigenvalue weighted by Gasteiger charge is 2.30. The van der Waals surface area contributed by atoms with Gasteiger partial charge in [-0.3, -0.25) is 10.7 Å². The van der Waals surface area contributed by atoms with Crippen LogP contribution in [0.5, 0.6) is 0 Å². The molecule has 6 heteroatoms. The van der Waals surface area contributed by atoms with Crippen molar-refractivity contribution in [3.8, 4) is 0 Å². The molecule has 4 heterocycles. The number of rotatable bonds is 2. The second-order valence-corrected chi connectivity index (χ2v) is 6.20. The minimum absolute atomic E-state index is 0.227. The Bertz CT molecular complexity index is 724. The predicted octanol–water partition coefficient (Wildman–Crippen LogP) is 1.34. The third-order valence-electron chi connectivity index (χ3n) is 4.46. The molecular weight excluding hydrogens is 290 g/mol. The standard InChI is InChI=1S/C17H21N5O/c1-11-8-20-9-14(17(11)21-6-4-12(18)10-21)22-5-2-3-15-13(22)7-16(19)23-15/h2-3,5,7-9,12,16H,4,6,10,18-19H2,1H3/t12-,16?/m0/s1. The van der Waals surface area contributed by atoms with Gasteiger partial charge in [0.05, 0.1) is 23.3 Å². The van der Waals surface area contributed by atoms with E-state index < -0.39 is 6.23 Å². The summed E-state index contributed by atoms with van der Waals surface area (Å²) in [6.07, 6.45) is 12.3. The van der Waals surface area contributed by atoms with Crippen molar-refractivity contribution in [3.63, 3.8) is 0 Å². The number of nitrogens with two attached hydrogens (primary N) is 2. The molecule has 23 heavy (non-hydrogen) atoms. The first-order chi connectivity index (χ1) is 11.1. The summed E-state index contributed by atoms with van der Waals surface area (Å²) in [4.78, 5) is 8.84. The van der Waals surface area contributed by atoms with Crippen molar-refractivity contribution in [2.45, 2.75) is 25.6 Å². The molecule has 0 radical (unpaired) electrons. The zero-order valence-electron chi connectivity index (χ0n) is 13.1. The van der Waals surface area contributed by atoms with Crippen LogP contribution in [-0.4, -0.2) is 30.3 Å². The molecular formula is C17H21N5O. The van der Waals surface area contributed by atoms with Gasteiger partial charge in [-0.2, -0.15) is 0 Å². The Kier molecular flexibility index (Phi) is 3.36. The molecule has 0 bridgehead atoms. The molecule has 3 aliphatic rings. The first-order valence-electron chi connectivity index (χ1n) is 7.91. The first-order valence-corrected chi connectivity index (χ1v) is 7.91. The van der Waals surface area contributed by atoms with Crippen LogP contribution >= 0.6 is 0 Å². The zero-order chi connectivity index (χ0) is 16.0. The molecule has 6 nitrogen and oxygen atoms in total. The number of ether oxygens (including phenoxy) is 1. The Balaban J connectivity index is 1.78. The molecule has 1 unspecified atom stereocenters. The van der Waals surface area contributed by atoms with E-state index in [0.717, 1.165) is 42.2 Å². The minimum Gasteiger partial charge on any atom is -0.470 e. The van der Waals surface area contributed by atoms with Crippen molar-refractivity contribution < 1.29 is 4.74 Å². The Morgan fingerprint density at radius 3 is 2.96 bits per heavy atom. The van der Waals surface area contributed by atoms with Crippen LogP contribution in [-0.2, 0) is 4.74 Å². The Labute approximate surface area is 135 Å². The van der Waals surface area contributed by atoms with Crippen LogP contribution in [0, 0.1) is 6.92 Å². The highest BCUT2D eigenvalue weighted by molar-refractivity contribution is 5.79.